The maximum Gasteiger partial charge on any atom is 0.222 e. The summed E-state index contributed by atoms with van der Waals surface area (Å²) in [5, 5.41) is 17.7. The first-order chi connectivity index (χ1) is 11.4. The van der Waals surface area contributed by atoms with Crippen LogP contribution in [0.25, 0.3) is 0 Å². The van der Waals surface area contributed by atoms with Gasteiger partial charge in [0.25, 0.3) is 0 Å². The number of aliphatic hydroxyl groups is 1. The molecular formula is C16H22ClF2N3O3. The van der Waals surface area contributed by atoms with Gasteiger partial charge in [0, 0.05) is 38.0 Å². The largest absolute Gasteiger partial charge is 0.391 e. The zero-order chi connectivity index (χ0) is 17.7. The highest BCUT2D eigenvalue weighted by Crippen LogP contribution is 2.23. The molecule has 140 valence electrons. The molecule has 0 aliphatic carbocycles. The highest BCUT2D eigenvalue weighted by atomic mass is 35.5. The van der Waals surface area contributed by atoms with Gasteiger partial charge in [-0.2, -0.15) is 0 Å². The van der Waals surface area contributed by atoms with Gasteiger partial charge < -0.3 is 21.1 Å². The number of halogens is 3. The molecule has 25 heavy (non-hydrogen) atoms. The lowest BCUT2D eigenvalue weighted by atomic mass is 10.0. The van der Waals surface area contributed by atoms with E-state index in [1.54, 1.807) is 0 Å². The van der Waals surface area contributed by atoms with E-state index in [4.69, 9.17) is 0 Å². The van der Waals surface area contributed by atoms with E-state index >= 15 is 0 Å². The predicted octanol–water partition coefficient (Wildman–Crippen LogP) is 0.650. The van der Waals surface area contributed by atoms with Gasteiger partial charge in [-0.05, 0) is 12.1 Å². The van der Waals surface area contributed by atoms with Gasteiger partial charge in [-0.3, -0.25) is 9.59 Å². The number of hydrogen-bond donors (Lipinski definition) is 4. The lowest BCUT2D eigenvalue weighted by Crippen LogP contribution is -2.37. The predicted molar refractivity (Wildman–Crippen MR) is 90.2 cm³/mol. The minimum absolute atomic E-state index is 0. The molecule has 0 bridgehead atoms. The quantitative estimate of drug-likeness (QED) is 0.586. The van der Waals surface area contributed by atoms with Gasteiger partial charge in [-0.15, -0.1) is 12.4 Å². The molecular weight excluding hydrogens is 356 g/mol. The molecule has 3 unspecified atom stereocenters. The average molecular weight is 378 g/mol. The Kier molecular flexibility index (Phi) is 8.21. The number of nitrogens with one attached hydrogen (secondary N) is 3. The Morgan fingerprint density at radius 1 is 1.32 bits per heavy atom. The van der Waals surface area contributed by atoms with E-state index in [2.05, 4.69) is 16.0 Å². The number of carbonyl (C=O) groups is 2. The molecule has 1 heterocycles. The third-order valence-corrected chi connectivity index (χ3v) is 3.98. The molecule has 3 atom stereocenters. The second-order valence-electron chi connectivity index (χ2n) is 5.88. The topological polar surface area (TPSA) is 90.5 Å². The van der Waals surface area contributed by atoms with Crippen LogP contribution < -0.4 is 16.0 Å². The van der Waals surface area contributed by atoms with Crippen molar-refractivity contribution in [2.45, 2.75) is 25.5 Å². The van der Waals surface area contributed by atoms with E-state index < -0.39 is 35.6 Å². The molecule has 9 heteroatoms. The molecule has 2 amide bonds. The van der Waals surface area contributed by atoms with E-state index in [1.807, 2.05) is 0 Å². The monoisotopic (exact) mass is 377 g/mol. The first-order valence-electron chi connectivity index (χ1n) is 7.75. The molecule has 6 nitrogen and oxygen atoms in total. The van der Waals surface area contributed by atoms with Crippen LogP contribution in [0, 0.1) is 17.6 Å². The Morgan fingerprint density at radius 2 is 1.96 bits per heavy atom. The lowest BCUT2D eigenvalue weighted by Gasteiger charge is -2.20. The second kappa shape index (κ2) is 9.65. The number of benzene rings is 1. The van der Waals surface area contributed by atoms with Crippen molar-refractivity contribution >= 4 is 24.2 Å². The van der Waals surface area contributed by atoms with E-state index in [0.29, 0.717) is 13.1 Å². The van der Waals surface area contributed by atoms with Crippen LogP contribution >= 0.6 is 12.4 Å². The zero-order valence-electron chi connectivity index (χ0n) is 13.7. The van der Waals surface area contributed by atoms with Crippen LogP contribution in [0.15, 0.2) is 18.2 Å². The van der Waals surface area contributed by atoms with Crippen LogP contribution in [0.2, 0.25) is 0 Å². The molecule has 1 aliphatic heterocycles. The van der Waals surface area contributed by atoms with Gasteiger partial charge >= 0.3 is 0 Å². The molecule has 1 aromatic rings. The summed E-state index contributed by atoms with van der Waals surface area (Å²) < 4.78 is 27.8. The number of amides is 2. The second-order valence-corrected chi connectivity index (χ2v) is 5.88. The number of hydrogen-bond acceptors (Lipinski definition) is 4. The van der Waals surface area contributed by atoms with Crippen LogP contribution in [-0.2, 0) is 9.59 Å². The Morgan fingerprint density at radius 3 is 2.48 bits per heavy atom. The van der Waals surface area contributed by atoms with E-state index in [-0.39, 0.29) is 36.9 Å². The summed E-state index contributed by atoms with van der Waals surface area (Å²) >= 11 is 0. The summed E-state index contributed by atoms with van der Waals surface area (Å²) in [6.07, 6.45) is -0.839. The van der Waals surface area contributed by atoms with Gasteiger partial charge in [-0.25, -0.2) is 8.78 Å². The summed E-state index contributed by atoms with van der Waals surface area (Å²) in [5.74, 6) is -2.71. The molecule has 0 saturated carbocycles. The van der Waals surface area contributed by atoms with Crippen molar-refractivity contribution in [1.82, 2.24) is 16.0 Å². The summed E-state index contributed by atoms with van der Waals surface area (Å²) in [7, 11) is 0. The fourth-order valence-electron chi connectivity index (χ4n) is 2.74. The lowest BCUT2D eigenvalue weighted by molar-refractivity contribution is -0.123. The Balaban J connectivity index is 0.00000312. The number of rotatable bonds is 6. The molecule has 4 N–H and O–H groups in total. The van der Waals surface area contributed by atoms with Gasteiger partial charge in [-0.1, -0.05) is 6.07 Å². The van der Waals surface area contributed by atoms with E-state index in [1.165, 1.54) is 13.0 Å². The van der Waals surface area contributed by atoms with Crippen molar-refractivity contribution in [3.63, 3.8) is 0 Å². The minimum atomic E-state index is -1.10. The van der Waals surface area contributed by atoms with Crippen molar-refractivity contribution in [2.75, 3.05) is 19.6 Å². The number of aliphatic hydroxyl groups excluding tert-OH is 1. The van der Waals surface area contributed by atoms with Crippen molar-refractivity contribution in [3.05, 3.63) is 35.4 Å². The summed E-state index contributed by atoms with van der Waals surface area (Å²) in [5.41, 5.74) is -0.342. The van der Waals surface area contributed by atoms with Gasteiger partial charge in [0.2, 0.25) is 11.8 Å². The molecule has 1 fully saturated rings. The highest BCUT2D eigenvalue weighted by Gasteiger charge is 2.27. The van der Waals surface area contributed by atoms with E-state index in [9.17, 15) is 23.5 Å². The van der Waals surface area contributed by atoms with Crippen molar-refractivity contribution in [1.29, 1.82) is 0 Å². The van der Waals surface area contributed by atoms with Crippen LogP contribution in [0.5, 0.6) is 0 Å². The molecule has 2 rings (SSSR count). The third kappa shape index (κ3) is 5.91. The normalized spacial score (nSPS) is 20.5. The highest BCUT2D eigenvalue weighted by molar-refractivity contribution is 5.85. The molecule has 0 spiro atoms. The van der Waals surface area contributed by atoms with Crippen LogP contribution in [0.3, 0.4) is 0 Å². The Labute approximate surface area is 150 Å². The third-order valence-electron chi connectivity index (χ3n) is 3.98. The Bertz CT molecular complexity index is 598. The molecule has 0 aromatic heterocycles. The fraction of sp³-hybridized carbons (Fsp3) is 0.500. The van der Waals surface area contributed by atoms with Crippen molar-refractivity contribution in [3.8, 4) is 0 Å². The SMILES string of the molecule is CC(=O)NC(CC(=O)NCC1CNCC1O)c1c(F)cccc1F.Cl. The molecule has 1 aromatic carbocycles. The van der Waals surface area contributed by atoms with Crippen molar-refractivity contribution in [2.24, 2.45) is 5.92 Å². The first-order valence-corrected chi connectivity index (χ1v) is 7.75. The Hall–Kier alpha value is -1.77. The summed E-state index contributed by atoms with van der Waals surface area (Å²) in [6.45, 7) is 2.51. The zero-order valence-corrected chi connectivity index (χ0v) is 14.5. The molecule has 0 radical (unpaired) electrons. The van der Waals surface area contributed by atoms with Gasteiger partial charge in [0.1, 0.15) is 11.6 Å². The van der Waals surface area contributed by atoms with Crippen LogP contribution in [-0.4, -0.2) is 42.7 Å². The first kappa shape index (κ1) is 21.3. The number of β-amino-alcohol motifs (C(OH)–C–C–N with tert-alkyl or cyclic N) is 1. The molecule has 1 saturated heterocycles. The van der Waals surface area contributed by atoms with E-state index in [0.717, 1.165) is 12.1 Å². The summed E-state index contributed by atoms with van der Waals surface area (Å²) in [4.78, 5) is 23.4. The average Bonchev–Trinajstić information content (AvgIpc) is 2.89. The number of carbonyl (C=O) groups excluding carboxylic acids is 2. The fourth-order valence-corrected chi connectivity index (χ4v) is 2.74. The standard InChI is InChI=1S/C16H21F2N3O3.ClH/c1-9(22)21-13(16-11(17)3-2-4-12(16)18)5-15(24)20-7-10-6-19-8-14(10)23;/h2-4,10,13-14,19,23H,5-8H2,1H3,(H,20,24)(H,21,22);1H. The van der Waals surface area contributed by atoms with Gasteiger partial charge in [0.15, 0.2) is 0 Å². The maximum absolute atomic E-state index is 13.9. The van der Waals surface area contributed by atoms with Crippen LogP contribution in [0.1, 0.15) is 24.9 Å². The van der Waals surface area contributed by atoms with Crippen LogP contribution in [0.4, 0.5) is 8.78 Å². The minimum Gasteiger partial charge on any atom is -0.391 e. The molecule has 1 aliphatic rings. The maximum atomic E-state index is 13.9. The van der Waals surface area contributed by atoms with Crippen molar-refractivity contribution < 1.29 is 23.5 Å². The smallest absolute Gasteiger partial charge is 0.222 e. The van der Waals surface area contributed by atoms with Gasteiger partial charge in [0.05, 0.1) is 18.6 Å². The summed E-state index contributed by atoms with van der Waals surface area (Å²) in [6, 6.07) is 2.26.